The SMILES string of the molecule is Cc1cccc2cccc(N3CCc4c(nc(OC[C@@H]5CCCN5C)nc4N4CC[C@@H](NC(=O)O)[C@@H](CC#N)C4)C3)c12. The Morgan fingerprint density at radius 1 is 1.14 bits per heavy atom. The van der Waals surface area contributed by atoms with Crippen molar-refractivity contribution in [2.75, 3.05) is 49.6 Å². The average Bonchev–Trinajstić information content (AvgIpc) is 3.40. The predicted molar refractivity (Wildman–Crippen MR) is 162 cm³/mol. The van der Waals surface area contributed by atoms with Crippen LogP contribution >= 0.6 is 0 Å². The summed E-state index contributed by atoms with van der Waals surface area (Å²) < 4.78 is 6.28. The number of rotatable bonds is 7. The van der Waals surface area contributed by atoms with Gasteiger partial charge < -0.3 is 29.9 Å². The summed E-state index contributed by atoms with van der Waals surface area (Å²) in [4.78, 5) is 28.3. The molecule has 0 unspecified atom stereocenters. The largest absolute Gasteiger partial charge is 0.465 e. The Balaban J connectivity index is 1.33. The number of piperidine rings is 1. The molecule has 1 amide bonds. The Labute approximate surface area is 246 Å². The topological polar surface area (TPSA) is 118 Å². The number of aromatic nitrogens is 2. The Hall–Kier alpha value is -4.10. The van der Waals surface area contributed by atoms with Gasteiger partial charge in [0.1, 0.15) is 12.4 Å². The molecular weight excluding hydrogens is 530 g/mol. The summed E-state index contributed by atoms with van der Waals surface area (Å²) in [5, 5.41) is 24.0. The van der Waals surface area contributed by atoms with Crippen LogP contribution in [0.2, 0.25) is 0 Å². The van der Waals surface area contributed by atoms with Crippen LogP contribution in [-0.2, 0) is 13.0 Å². The maximum atomic E-state index is 11.4. The van der Waals surface area contributed by atoms with E-state index in [9.17, 15) is 15.2 Å². The van der Waals surface area contributed by atoms with Crippen LogP contribution in [0.5, 0.6) is 6.01 Å². The minimum atomic E-state index is -1.05. The lowest BCUT2D eigenvalue weighted by molar-refractivity contribution is 0.180. The Morgan fingerprint density at radius 2 is 1.98 bits per heavy atom. The second kappa shape index (κ2) is 12.0. The Bertz CT molecular complexity index is 1500. The molecule has 3 aromatic rings. The molecule has 4 heterocycles. The van der Waals surface area contributed by atoms with Crippen LogP contribution < -0.4 is 19.9 Å². The monoisotopic (exact) mass is 569 g/mol. The molecule has 0 bridgehead atoms. The number of ether oxygens (including phenoxy) is 1. The van der Waals surface area contributed by atoms with Crippen LogP contribution in [0.3, 0.4) is 0 Å². The van der Waals surface area contributed by atoms with Gasteiger partial charge in [-0.1, -0.05) is 30.3 Å². The highest BCUT2D eigenvalue weighted by Gasteiger charge is 2.34. The summed E-state index contributed by atoms with van der Waals surface area (Å²) in [5.41, 5.74) is 4.55. The third-order valence-corrected chi connectivity index (χ3v) is 9.23. The average molecular weight is 570 g/mol. The van der Waals surface area contributed by atoms with E-state index in [0.717, 1.165) is 43.0 Å². The van der Waals surface area contributed by atoms with Crippen LogP contribution in [0.25, 0.3) is 10.8 Å². The molecule has 42 heavy (non-hydrogen) atoms. The molecule has 1 aromatic heterocycles. The number of hydrogen-bond donors (Lipinski definition) is 2. The molecule has 0 spiro atoms. The highest BCUT2D eigenvalue weighted by atomic mass is 16.5. The first-order valence-corrected chi connectivity index (χ1v) is 15.0. The van der Waals surface area contributed by atoms with Gasteiger partial charge in [0, 0.05) is 60.7 Å². The van der Waals surface area contributed by atoms with Crippen molar-refractivity contribution in [1.29, 1.82) is 5.26 Å². The number of nitrogens with zero attached hydrogens (tertiary/aromatic N) is 6. The second-order valence-corrected chi connectivity index (χ2v) is 11.9. The number of aryl methyl sites for hydroxylation is 1. The number of carbonyl (C=O) groups is 1. The van der Waals surface area contributed by atoms with Crippen LogP contribution in [0.15, 0.2) is 36.4 Å². The molecule has 10 heteroatoms. The van der Waals surface area contributed by atoms with Gasteiger partial charge >= 0.3 is 12.1 Å². The molecule has 0 aliphatic carbocycles. The van der Waals surface area contributed by atoms with E-state index in [0.29, 0.717) is 44.7 Å². The van der Waals surface area contributed by atoms with Gasteiger partial charge in [0.2, 0.25) is 0 Å². The minimum absolute atomic E-state index is 0.124. The van der Waals surface area contributed by atoms with Crippen molar-refractivity contribution in [3.63, 3.8) is 0 Å². The van der Waals surface area contributed by atoms with Gasteiger partial charge in [-0.3, -0.25) is 0 Å². The number of fused-ring (bicyclic) bond motifs is 2. The van der Waals surface area contributed by atoms with Crippen LogP contribution in [0, 0.1) is 24.2 Å². The van der Waals surface area contributed by atoms with Crippen LogP contribution in [-0.4, -0.2) is 78.0 Å². The molecule has 3 aliphatic heterocycles. The molecule has 2 aromatic carbocycles. The number of anilines is 2. The quantitative estimate of drug-likeness (QED) is 0.428. The summed E-state index contributed by atoms with van der Waals surface area (Å²) >= 11 is 0. The number of nitriles is 1. The maximum Gasteiger partial charge on any atom is 0.404 e. The summed E-state index contributed by atoms with van der Waals surface area (Å²) in [6.45, 7) is 6.47. The third-order valence-electron chi connectivity index (χ3n) is 9.23. The highest BCUT2D eigenvalue weighted by Crippen LogP contribution is 2.36. The number of hydrogen-bond acceptors (Lipinski definition) is 8. The first-order valence-electron chi connectivity index (χ1n) is 15.0. The lowest BCUT2D eigenvalue weighted by Gasteiger charge is -2.40. The zero-order chi connectivity index (χ0) is 29.2. The van der Waals surface area contributed by atoms with Gasteiger partial charge in [-0.05, 0) is 63.2 Å². The van der Waals surface area contributed by atoms with Gasteiger partial charge in [-0.25, -0.2) is 4.79 Å². The normalized spacial score (nSPS) is 22.5. The standard InChI is InChI=1S/C32H39N7O3/c1-21-6-3-7-22-8-4-10-28(29(21)22)38-16-12-25-27(19-38)34-31(42-20-24-9-5-15-37(24)2)36-30(25)39-17-13-26(35-32(40)41)23(18-39)11-14-33/h3-4,6-8,10,23-24,26,35H,5,9,11-13,15-20H2,1-2H3,(H,40,41)/t23-,24-,26+/m0/s1. The molecule has 220 valence electrons. The second-order valence-electron chi connectivity index (χ2n) is 11.9. The lowest BCUT2D eigenvalue weighted by Crippen LogP contribution is -2.51. The van der Waals surface area contributed by atoms with E-state index in [1.165, 1.54) is 28.4 Å². The Kier molecular flexibility index (Phi) is 8.02. The van der Waals surface area contributed by atoms with Gasteiger partial charge in [0.05, 0.1) is 18.3 Å². The minimum Gasteiger partial charge on any atom is -0.465 e. The van der Waals surface area contributed by atoms with E-state index >= 15 is 0 Å². The molecule has 3 aliphatic rings. The fourth-order valence-electron chi connectivity index (χ4n) is 6.95. The number of likely N-dealkylation sites (tertiary alicyclic amines) is 1. The molecule has 0 saturated carbocycles. The van der Waals surface area contributed by atoms with Crippen molar-refractivity contribution < 1.29 is 14.6 Å². The number of nitrogens with one attached hydrogen (secondary N) is 1. The molecule has 2 saturated heterocycles. The fraction of sp³-hybridized carbons (Fsp3) is 0.500. The Morgan fingerprint density at radius 3 is 2.74 bits per heavy atom. The van der Waals surface area contributed by atoms with E-state index < -0.39 is 6.09 Å². The van der Waals surface area contributed by atoms with E-state index in [2.05, 4.69) is 76.5 Å². The number of carboxylic acid groups (broad SMARTS) is 1. The van der Waals surface area contributed by atoms with E-state index in [1.54, 1.807) is 0 Å². The van der Waals surface area contributed by atoms with Crippen molar-refractivity contribution in [3.05, 3.63) is 53.2 Å². The zero-order valence-corrected chi connectivity index (χ0v) is 24.4. The van der Waals surface area contributed by atoms with E-state index in [1.807, 2.05) is 0 Å². The first-order chi connectivity index (χ1) is 20.4. The smallest absolute Gasteiger partial charge is 0.404 e. The van der Waals surface area contributed by atoms with Crippen molar-refractivity contribution in [2.45, 2.75) is 57.7 Å². The number of likely N-dealkylation sites (N-methyl/N-ethyl adjacent to an activating group) is 1. The third kappa shape index (κ3) is 5.66. The molecule has 2 fully saturated rings. The van der Waals surface area contributed by atoms with E-state index in [-0.39, 0.29) is 18.4 Å². The van der Waals surface area contributed by atoms with Gasteiger partial charge in [0.25, 0.3) is 0 Å². The van der Waals surface area contributed by atoms with Crippen LogP contribution in [0.1, 0.15) is 42.5 Å². The van der Waals surface area contributed by atoms with Crippen LogP contribution in [0.4, 0.5) is 16.3 Å². The zero-order valence-electron chi connectivity index (χ0n) is 24.4. The van der Waals surface area contributed by atoms with Crippen molar-refractivity contribution in [2.24, 2.45) is 5.92 Å². The predicted octanol–water partition coefficient (Wildman–Crippen LogP) is 4.35. The summed E-state index contributed by atoms with van der Waals surface area (Å²) in [7, 11) is 2.13. The molecule has 6 rings (SSSR count). The number of amides is 1. The molecule has 10 nitrogen and oxygen atoms in total. The summed E-state index contributed by atoms with van der Waals surface area (Å²) in [6, 6.07) is 15.7. The summed E-state index contributed by atoms with van der Waals surface area (Å²) in [5.74, 6) is 0.737. The fourth-order valence-corrected chi connectivity index (χ4v) is 6.95. The lowest BCUT2D eigenvalue weighted by atomic mass is 9.89. The van der Waals surface area contributed by atoms with Crippen molar-refractivity contribution in [3.8, 4) is 12.1 Å². The summed E-state index contributed by atoms with van der Waals surface area (Å²) in [6.07, 6.45) is 2.89. The van der Waals surface area contributed by atoms with Gasteiger partial charge in [0.15, 0.2) is 0 Å². The molecule has 0 radical (unpaired) electrons. The van der Waals surface area contributed by atoms with Crippen molar-refractivity contribution in [1.82, 2.24) is 20.2 Å². The highest BCUT2D eigenvalue weighted by molar-refractivity contribution is 5.97. The number of benzene rings is 2. The maximum absolute atomic E-state index is 11.4. The first kappa shape index (κ1) is 28.0. The molecule has 3 atom stereocenters. The van der Waals surface area contributed by atoms with Crippen molar-refractivity contribution >= 4 is 28.4 Å². The van der Waals surface area contributed by atoms with E-state index in [4.69, 9.17) is 14.7 Å². The molecular formula is C32H39N7O3. The van der Waals surface area contributed by atoms with Gasteiger partial charge in [-0.2, -0.15) is 15.2 Å². The van der Waals surface area contributed by atoms with Gasteiger partial charge in [-0.15, -0.1) is 0 Å². The molecule has 2 N–H and O–H groups in total.